The van der Waals surface area contributed by atoms with E-state index in [0.717, 1.165) is 0 Å². The quantitative estimate of drug-likeness (QED) is 0.161. The third kappa shape index (κ3) is 4.29. The van der Waals surface area contributed by atoms with Crippen LogP contribution >= 0.6 is 0 Å². The van der Waals surface area contributed by atoms with E-state index < -0.39 is 0 Å². The maximum absolute atomic E-state index is 2.56. The molecule has 0 unspecified atom stereocenters. The molecule has 0 aliphatic rings. The van der Waals surface area contributed by atoms with Gasteiger partial charge in [0.2, 0.25) is 0 Å². The van der Waals surface area contributed by atoms with Gasteiger partial charge in [0.25, 0.3) is 0 Å². The van der Waals surface area contributed by atoms with E-state index in [-0.39, 0.29) is 14.5 Å². The monoisotopic (exact) mass is 714 g/mol. The molecule has 0 aliphatic carbocycles. The number of hydrogen-bond donors (Lipinski definition) is 0. The molecule has 3 heterocycles. The number of hydrogen-bond acceptors (Lipinski definition) is 0. The molecule has 0 spiro atoms. The van der Waals surface area contributed by atoms with Crippen molar-refractivity contribution in [3.05, 3.63) is 182 Å². The SMILES string of the molecule is c1ccc(-c2cccc(-c3ccc4[se]c5ccccc5c4c3-n3c4ccccc4c4cc(-n5c6ccccc6c6ccccc65)ccc43)c2)cc1. The van der Waals surface area contributed by atoms with Crippen LogP contribution in [0.5, 0.6) is 0 Å². The molecular formula is C48H30N2Se. The minimum absolute atomic E-state index is 0.244. The molecule has 0 bridgehead atoms. The Morgan fingerprint density at radius 3 is 1.65 bits per heavy atom. The minimum atomic E-state index is 0.244. The summed E-state index contributed by atoms with van der Waals surface area (Å²) < 4.78 is 7.87. The van der Waals surface area contributed by atoms with Gasteiger partial charge in [-0.3, -0.25) is 0 Å². The fraction of sp³-hybridized carbons (Fsp3) is 0. The molecule has 0 radical (unpaired) electrons. The Kier molecular flexibility index (Phi) is 6.30. The molecule has 11 aromatic rings. The summed E-state index contributed by atoms with van der Waals surface area (Å²) in [5.74, 6) is 0. The predicted octanol–water partition coefficient (Wildman–Crippen LogP) is 12.6. The predicted molar refractivity (Wildman–Crippen MR) is 218 cm³/mol. The zero-order valence-electron chi connectivity index (χ0n) is 27.6. The molecule has 11 rings (SSSR count). The van der Waals surface area contributed by atoms with Crippen LogP contribution in [0.25, 0.3) is 96.5 Å². The summed E-state index contributed by atoms with van der Waals surface area (Å²) in [7, 11) is 0. The van der Waals surface area contributed by atoms with Crippen molar-refractivity contribution in [2.75, 3.05) is 0 Å². The summed E-state index contributed by atoms with van der Waals surface area (Å²) >= 11 is 0.244. The van der Waals surface area contributed by atoms with Crippen molar-refractivity contribution in [1.29, 1.82) is 0 Å². The van der Waals surface area contributed by atoms with Crippen molar-refractivity contribution < 1.29 is 0 Å². The van der Waals surface area contributed by atoms with Crippen molar-refractivity contribution in [2.45, 2.75) is 0 Å². The standard InChI is InChI=1S/C48H30N2Se/c1-2-13-31(14-3-1)32-15-12-16-33(29-32)35-26-28-46-47(39-20-7-11-24-45(39)51-46)48(35)50-43-23-10-6-19-38(43)40-30-34(25-27-44(40)50)49-41-21-8-4-17-36(41)37-18-5-9-22-42(37)49/h1-30H. The van der Waals surface area contributed by atoms with Gasteiger partial charge in [-0.2, -0.15) is 0 Å². The van der Waals surface area contributed by atoms with Gasteiger partial charge >= 0.3 is 290 Å². The number of para-hydroxylation sites is 3. The third-order valence-corrected chi connectivity index (χ3v) is 12.9. The average molecular weight is 714 g/mol. The Morgan fingerprint density at radius 1 is 0.333 bits per heavy atom. The fourth-order valence-electron chi connectivity index (χ4n) is 8.30. The third-order valence-electron chi connectivity index (χ3n) is 10.5. The number of nitrogens with zero attached hydrogens (tertiary/aromatic N) is 2. The zero-order chi connectivity index (χ0) is 33.5. The van der Waals surface area contributed by atoms with E-state index in [9.17, 15) is 0 Å². The molecule has 238 valence electrons. The number of rotatable bonds is 4. The van der Waals surface area contributed by atoms with Gasteiger partial charge in [-0.15, -0.1) is 0 Å². The molecule has 0 N–H and O–H groups in total. The summed E-state index contributed by atoms with van der Waals surface area (Å²) in [6.45, 7) is 0. The van der Waals surface area contributed by atoms with Gasteiger partial charge in [0.15, 0.2) is 0 Å². The second kappa shape index (κ2) is 11.2. The van der Waals surface area contributed by atoms with Crippen molar-refractivity contribution in [2.24, 2.45) is 0 Å². The molecule has 2 nitrogen and oxygen atoms in total. The van der Waals surface area contributed by atoms with E-state index in [1.807, 2.05) is 0 Å². The maximum atomic E-state index is 2.56. The molecule has 0 saturated heterocycles. The van der Waals surface area contributed by atoms with E-state index in [2.05, 4.69) is 191 Å². The second-order valence-electron chi connectivity index (χ2n) is 13.3. The molecule has 3 aromatic heterocycles. The summed E-state index contributed by atoms with van der Waals surface area (Å²) in [5.41, 5.74) is 12.2. The van der Waals surface area contributed by atoms with Crippen LogP contribution in [0.4, 0.5) is 0 Å². The van der Waals surface area contributed by atoms with Gasteiger partial charge in [-0.25, -0.2) is 0 Å². The van der Waals surface area contributed by atoms with Gasteiger partial charge in [0.05, 0.1) is 0 Å². The molecule has 0 aliphatic heterocycles. The van der Waals surface area contributed by atoms with Crippen LogP contribution in [-0.4, -0.2) is 23.6 Å². The second-order valence-corrected chi connectivity index (χ2v) is 15.6. The van der Waals surface area contributed by atoms with E-state index in [4.69, 9.17) is 0 Å². The van der Waals surface area contributed by atoms with Crippen molar-refractivity contribution in [3.63, 3.8) is 0 Å². The Hall–Kier alpha value is -6.12. The molecular weight excluding hydrogens is 684 g/mol. The summed E-state index contributed by atoms with van der Waals surface area (Å²) in [6, 6.07) is 67.1. The first kappa shape index (κ1) is 28.7. The number of fused-ring (bicyclic) bond motifs is 9. The summed E-state index contributed by atoms with van der Waals surface area (Å²) in [4.78, 5) is 0. The van der Waals surface area contributed by atoms with Gasteiger partial charge in [-0.1, -0.05) is 12.1 Å². The van der Waals surface area contributed by atoms with Crippen molar-refractivity contribution in [1.82, 2.24) is 9.13 Å². The van der Waals surface area contributed by atoms with E-state index >= 15 is 0 Å². The van der Waals surface area contributed by atoms with Gasteiger partial charge in [0.1, 0.15) is 0 Å². The molecule has 3 heteroatoms. The van der Waals surface area contributed by atoms with Crippen LogP contribution in [0, 0.1) is 0 Å². The first-order chi connectivity index (χ1) is 25.3. The van der Waals surface area contributed by atoms with E-state index in [1.54, 1.807) is 0 Å². The molecule has 0 atom stereocenters. The molecule has 51 heavy (non-hydrogen) atoms. The van der Waals surface area contributed by atoms with Crippen LogP contribution in [0.1, 0.15) is 0 Å². The van der Waals surface area contributed by atoms with Crippen LogP contribution in [0.2, 0.25) is 0 Å². The number of benzene rings is 8. The van der Waals surface area contributed by atoms with Crippen molar-refractivity contribution >= 4 is 77.4 Å². The Balaban J connectivity index is 1.24. The van der Waals surface area contributed by atoms with Crippen LogP contribution in [-0.2, 0) is 0 Å². The van der Waals surface area contributed by atoms with Crippen LogP contribution < -0.4 is 0 Å². The van der Waals surface area contributed by atoms with Crippen LogP contribution in [0.15, 0.2) is 182 Å². The van der Waals surface area contributed by atoms with Gasteiger partial charge in [0, 0.05) is 0 Å². The topological polar surface area (TPSA) is 9.86 Å². The normalized spacial score (nSPS) is 11.9. The first-order valence-corrected chi connectivity index (χ1v) is 19.2. The Morgan fingerprint density at radius 2 is 0.902 bits per heavy atom. The van der Waals surface area contributed by atoms with E-state index in [1.165, 1.54) is 96.5 Å². The fourth-order valence-corrected chi connectivity index (χ4v) is 10.6. The Bertz CT molecular complexity index is 3090. The van der Waals surface area contributed by atoms with E-state index in [0.29, 0.717) is 0 Å². The van der Waals surface area contributed by atoms with Gasteiger partial charge in [-0.05, 0) is 0 Å². The average Bonchev–Trinajstić information content (AvgIpc) is 3.85. The summed E-state index contributed by atoms with van der Waals surface area (Å²) in [6.07, 6.45) is 0. The van der Waals surface area contributed by atoms with Crippen LogP contribution in [0.3, 0.4) is 0 Å². The molecule has 0 amide bonds. The molecule has 0 fully saturated rings. The van der Waals surface area contributed by atoms with Gasteiger partial charge < -0.3 is 0 Å². The first-order valence-electron chi connectivity index (χ1n) is 17.4. The zero-order valence-corrected chi connectivity index (χ0v) is 29.3. The number of aromatic nitrogens is 2. The molecule has 0 saturated carbocycles. The Labute approximate surface area is 300 Å². The molecule has 8 aromatic carbocycles. The van der Waals surface area contributed by atoms with Crippen molar-refractivity contribution in [3.8, 4) is 33.6 Å². The summed E-state index contributed by atoms with van der Waals surface area (Å²) in [5, 5.41) is 7.78.